The van der Waals surface area contributed by atoms with Crippen LogP contribution in [0.1, 0.15) is 0 Å². The van der Waals surface area contributed by atoms with Gasteiger partial charge in [0.05, 0.1) is 11.1 Å². The van der Waals surface area contributed by atoms with Gasteiger partial charge in [0.1, 0.15) is 5.92 Å². The fraction of sp³-hybridized carbons (Fsp3) is 0.273. The Bertz CT molecular complexity index is 630. The SMILES string of the molecule is O=C(O)C1=CC(C(=O)O)C(C(=O)O)(C(F)(F)F)C=C1C(=O)O. The zero-order valence-electron chi connectivity index (χ0n) is 10.3. The van der Waals surface area contributed by atoms with Gasteiger partial charge < -0.3 is 20.4 Å². The maximum atomic E-state index is 13.2. The van der Waals surface area contributed by atoms with Gasteiger partial charge in [-0.05, 0) is 6.08 Å². The minimum Gasteiger partial charge on any atom is -0.481 e. The third-order valence-corrected chi connectivity index (χ3v) is 3.04. The molecule has 0 aromatic heterocycles. The highest BCUT2D eigenvalue weighted by Crippen LogP contribution is 2.50. The molecule has 22 heavy (non-hydrogen) atoms. The van der Waals surface area contributed by atoms with Crippen molar-refractivity contribution < 1.29 is 52.8 Å². The van der Waals surface area contributed by atoms with E-state index in [1.54, 1.807) is 0 Å². The number of carboxylic acid groups (broad SMARTS) is 4. The number of hydrogen-bond donors (Lipinski definition) is 4. The number of aliphatic carboxylic acids is 4. The molecule has 8 nitrogen and oxygen atoms in total. The van der Waals surface area contributed by atoms with E-state index >= 15 is 0 Å². The van der Waals surface area contributed by atoms with Gasteiger partial charge in [-0.2, -0.15) is 13.2 Å². The molecule has 120 valence electrons. The van der Waals surface area contributed by atoms with Gasteiger partial charge in [-0.3, -0.25) is 9.59 Å². The van der Waals surface area contributed by atoms with Crippen LogP contribution in [0.5, 0.6) is 0 Å². The monoisotopic (exact) mass is 324 g/mol. The average Bonchev–Trinajstić information content (AvgIpc) is 2.34. The van der Waals surface area contributed by atoms with E-state index < -0.39 is 52.5 Å². The Morgan fingerprint density at radius 1 is 0.955 bits per heavy atom. The lowest BCUT2D eigenvalue weighted by Gasteiger charge is -2.35. The highest BCUT2D eigenvalue weighted by atomic mass is 19.4. The second-order valence-electron chi connectivity index (χ2n) is 4.24. The van der Waals surface area contributed by atoms with Crippen LogP contribution in [0.4, 0.5) is 13.2 Å². The minimum atomic E-state index is -5.68. The predicted molar refractivity (Wildman–Crippen MR) is 58.7 cm³/mol. The van der Waals surface area contributed by atoms with E-state index in [1.807, 2.05) is 0 Å². The molecule has 4 N–H and O–H groups in total. The van der Waals surface area contributed by atoms with Crippen molar-refractivity contribution in [3.8, 4) is 0 Å². The van der Waals surface area contributed by atoms with Crippen LogP contribution in [0.15, 0.2) is 23.3 Å². The summed E-state index contributed by atoms with van der Waals surface area (Å²) in [6, 6.07) is 0. The largest absolute Gasteiger partial charge is 0.481 e. The van der Waals surface area contributed by atoms with Crippen LogP contribution in [0.3, 0.4) is 0 Å². The maximum Gasteiger partial charge on any atom is 0.409 e. The molecule has 0 spiro atoms. The molecule has 1 aliphatic rings. The van der Waals surface area contributed by atoms with Crippen molar-refractivity contribution in [2.75, 3.05) is 0 Å². The Kier molecular flexibility index (Phi) is 4.04. The molecule has 1 aliphatic carbocycles. The summed E-state index contributed by atoms with van der Waals surface area (Å²) in [6.45, 7) is 0. The van der Waals surface area contributed by atoms with Crippen molar-refractivity contribution in [1.82, 2.24) is 0 Å². The molecule has 1 rings (SSSR count). The van der Waals surface area contributed by atoms with E-state index in [9.17, 15) is 32.3 Å². The van der Waals surface area contributed by atoms with Gasteiger partial charge in [0.25, 0.3) is 0 Å². The maximum absolute atomic E-state index is 13.2. The summed E-state index contributed by atoms with van der Waals surface area (Å²) < 4.78 is 39.5. The standard InChI is InChI=1S/C11H7F3O8/c12-11(13,14)10(9(21)22)2-4(7(17)18)3(6(15)16)1-5(10)8(19)20/h1-2,5H,(H,15,16)(H,17,18)(H,19,20)(H,21,22). The summed E-state index contributed by atoms with van der Waals surface area (Å²) in [5.74, 6) is -11.9. The van der Waals surface area contributed by atoms with Crippen molar-refractivity contribution in [2.24, 2.45) is 11.3 Å². The fourth-order valence-corrected chi connectivity index (χ4v) is 1.99. The molecule has 0 radical (unpaired) electrons. The smallest absolute Gasteiger partial charge is 0.409 e. The number of alkyl halides is 3. The zero-order chi connectivity index (χ0) is 17.5. The lowest BCUT2D eigenvalue weighted by Crippen LogP contribution is -2.53. The molecular formula is C11H7F3O8. The molecule has 0 heterocycles. The van der Waals surface area contributed by atoms with E-state index in [4.69, 9.17) is 20.4 Å². The summed E-state index contributed by atoms with van der Waals surface area (Å²) >= 11 is 0. The first-order chi connectivity index (χ1) is 9.86. The van der Waals surface area contributed by atoms with Crippen LogP contribution < -0.4 is 0 Å². The van der Waals surface area contributed by atoms with E-state index in [-0.39, 0.29) is 12.2 Å². The van der Waals surface area contributed by atoms with Crippen LogP contribution >= 0.6 is 0 Å². The summed E-state index contributed by atoms with van der Waals surface area (Å²) in [7, 11) is 0. The minimum absolute atomic E-state index is 0.0320. The summed E-state index contributed by atoms with van der Waals surface area (Å²) in [6.07, 6.45) is -6.10. The molecule has 0 fully saturated rings. The van der Waals surface area contributed by atoms with Crippen LogP contribution in [0.25, 0.3) is 0 Å². The van der Waals surface area contributed by atoms with Crippen molar-refractivity contribution >= 4 is 23.9 Å². The molecule has 0 saturated heterocycles. The van der Waals surface area contributed by atoms with Gasteiger partial charge in [-0.1, -0.05) is 6.08 Å². The van der Waals surface area contributed by atoms with Gasteiger partial charge in [-0.15, -0.1) is 0 Å². The average molecular weight is 324 g/mol. The highest BCUT2D eigenvalue weighted by Gasteiger charge is 2.67. The first kappa shape index (κ1) is 17.2. The summed E-state index contributed by atoms with van der Waals surface area (Å²) in [5, 5.41) is 35.3. The number of carbonyl (C=O) groups is 4. The van der Waals surface area contributed by atoms with Crippen molar-refractivity contribution in [2.45, 2.75) is 6.18 Å². The highest BCUT2D eigenvalue weighted by molar-refractivity contribution is 6.08. The lowest BCUT2D eigenvalue weighted by atomic mass is 9.68. The Labute approximate surface area is 118 Å². The Hall–Kier alpha value is -2.85. The van der Waals surface area contributed by atoms with Crippen molar-refractivity contribution in [1.29, 1.82) is 0 Å². The molecule has 0 aliphatic heterocycles. The Morgan fingerprint density at radius 2 is 1.41 bits per heavy atom. The van der Waals surface area contributed by atoms with Crippen molar-refractivity contribution in [3.63, 3.8) is 0 Å². The molecule has 0 saturated carbocycles. The van der Waals surface area contributed by atoms with E-state index in [2.05, 4.69) is 0 Å². The predicted octanol–water partition coefficient (Wildman–Crippen LogP) is 0.356. The van der Waals surface area contributed by atoms with Gasteiger partial charge in [0.2, 0.25) is 0 Å². The van der Waals surface area contributed by atoms with Gasteiger partial charge >= 0.3 is 30.1 Å². The number of halogens is 3. The van der Waals surface area contributed by atoms with E-state index in [1.165, 1.54) is 0 Å². The molecule has 0 bridgehead atoms. The van der Waals surface area contributed by atoms with E-state index in [0.717, 1.165) is 0 Å². The first-order valence-corrected chi connectivity index (χ1v) is 5.30. The normalized spacial score (nSPS) is 25.0. The fourth-order valence-electron chi connectivity index (χ4n) is 1.99. The molecular weight excluding hydrogens is 317 g/mol. The first-order valence-electron chi connectivity index (χ1n) is 5.30. The zero-order valence-corrected chi connectivity index (χ0v) is 10.3. The second-order valence-corrected chi connectivity index (χ2v) is 4.24. The van der Waals surface area contributed by atoms with E-state index in [0.29, 0.717) is 0 Å². The van der Waals surface area contributed by atoms with Crippen LogP contribution in [0.2, 0.25) is 0 Å². The van der Waals surface area contributed by atoms with Crippen LogP contribution in [-0.2, 0) is 19.2 Å². The third kappa shape index (κ3) is 2.40. The second kappa shape index (κ2) is 5.16. The number of hydrogen-bond acceptors (Lipinski definition) is 4. The van der Waals surface area contributed by atoms with Gasteiger partial charge in [0, 0.05) is 0 Å². The molecule has 0 aromatic carbocycles. The topological polar surface area (TPSA) is 149 Å². The quantitative estimate of drug-likeness (QED) is 0.579. The van der Waals surface area contributed by atoms with Crippen LogP contribution in [-0.4, -0.2) is 50.5 Å². The van der Waals surface area contributed by atoms with Gasteiger partial charge in [0.15, 0.2) is 5.41 Å². The molecule has 11 heteroatoms. The molecule has 0 aromatic rings. The molecule has 2 atom stereocenters. The lowest BCUT2D eigenvalue weighted by molar-refractivity contribution is -0.229. The number of rotatable bonds is 4. The van der Waals surface area contributed by atoms with Crippen molar-refractivity contribution in [3.05, 3.63) is 23.3 Å². The molecule has 0 amide bonds. The summed E-state index contributed by atoms with van der Waals surface area (Å²) in [4.78, 5) is 43.9. The van der Waals surface area contributed by atoms with Gasteiger partial charge in [-0.25, -0.2) is 9.59 Å². The Morgan fingerprint density at radius 3 is 1.68 bits per heavy atom. The van der Waals surface area contributed by atoms with Crippen LogP contribution in [0, 0.1) is 11.3 Å². The Balaban J connectivity index is 3.82. The number of carboxylic acids is 4. The summed E-state index contributed by atoms with van der Waals surface area (Å²) in [5.41, 5.74) is -6.78. The third-order valence-electron chi connectivity index (χ3n) is 3.04. The molecule has 2 unspecified atom stereocenters.